The molecule has 3 nitrogen and oxygen atoms in total. The minimum atomic E-state index is -5.97. The highest BCUT2D eigenvalue weighted by atomic mass is 127. The summed E-state index contributed by atoms with van der Waals surface area (Å²) >= 11 is 1.33. The summed E-state index contributed by atoms with van der Waals surface area (Å²) in [7, 11) is -8.61. The summed E-state index contributed by atoms with van der Waals surface area (Å²) in [6, 6.07) is 1.20. The highest BCUT2D eigenvalue weighted by Gasteiger charge is 2.49. The molecule has 0 radical (unpaired) electrons. The summed E-state index contributed by atoms with van der Waals surface area (Å²) in [4.78, 5) is 0. The molecule has 0 heterocycles. The molecule has 0 spiro atoms. The van der Waals surface area contributed by atoms with Crippen molar-refractivity contribution in [2.45, 2.75) is 31.3 Å². The Morgan fingerprint density at radius 1 is 1.04 bits per heavy atom. The van der Waals surface area contributed by atoms with Gasteiger partial charge in [0.2, 0.25) is 0 Å². The molecular weight excluding hydrogens is 481 g/mol. The van der Waals surface area contributed by atoms with Gasteiger partial charge in [0.25, 0.3) is 0 Å². The van der Waals surface area contributed by atoms with Crippen molar-refractivity contribution in [3.8, 4) is 5.75 Å². The molecule has 0 aliphatic carbocycles. The zero-order valence-electron chi connectivity index (χ0n) is 11.9. The van der Waals surface area contributed by atoms with Gasteiger partial charge in [0.15, 0.2) is 5.75 Å². The molecule has 132 valence electrons. The molecule has 1 rings (SSSR count). The van der Waals surface area contributed by atoms with Crippen molar-refractivity contribution >= 4 is 46.0 Å². The quantitative estimate of drug-likeness (QED) is 0.210. The summed E-state index contributed by atoms with van der Waals surface area (Å²) in [5.41, 5.74) is -6.74. The predicted octanol–water partition coefficient (Wildman–Crippen LogP) is 4.08. The smallest absolute Gasteiger partial charge is 0.375 e. The van der Waals surface area contributed by atoms with Crippen LogP contribution in [-0.2, 0) is 16.3 Å². The molecule has 0 saturated carbocycles. The lowest BCUT2D eigenvalue weighted by atomic mass is 10.2. The van der Waals surface area contributed by atoms with Gasteiger partial charge >= 0.3 is 21.8 Å². The van der Waals surface area contributed by atoms with Gasteiger partial charge < -0.3 is 4.18 Å². The van der Waals surface area contributed by atoms with Crippen molar-refractivity contribution < 1.29 is 38.9 Å². The standard InChI is InChI=1S/C11H11F6IO3SSi/c1-23(2,3)8-5-6(10(12,13)14)4-7(18)9(8)21-22(19,20)11(15,16)17/h4-5H,1-3H3. The van der Waals surface area contributed by atoms with E-state index < -0.39 is 41.2 Å². The van der Waals surface area contributed by atoms with Crippen molar-refractivity contribution in [2.75, 3.05) is 0 Å². The predicted molar refractivity (Wildman–Crippen MR) is 82.7 cm³/mol. The molecule has 0 N–H and O–H groups in total. The summed E-state index contributed by atoms with van der Waals surface area (Å²) < 4.78 is 102. The lowest BCUT2D eigenvalue weighted by molar-refractivity contribution is -0.137. The number of rotatable bonds is 3. The minimum Gasteiger partial charge on any atom is -0.375 e. The van der Waals surface area contributed by atoms with E-state index in [-0.39, 0.29) is 8.76 Å². The van der Waals surface area contributed by atoms with Crippen LogP contribution in [0.3, 0.4) is 0 Å². The van der Waals surface area contributed by atoms with Crippen LogP contribution < -0.4 is 9.37 Å². The van der Waals surface area contributed by atoms with Gasteiger partial charge in [0.05, 0.1) is 17.2 Å². The Kier molecular flexibility index (Phi) is 5.44. The van der Waals surface area contributed by atoms with Gasteiger partial charge in [-0.15, -0.1) is 0 Å². The van der Waals surface area contributed by atoms with Gasteiger partial charge in [-0.1, -0.05) is 19.6 Å². The second kappa shape index (κ2) is 6.09. The Morgan fingerprint density at radius 2 is 1.52 bits per heavy atom. The van der Waals surface area contributed by atoms with E-state index in [9.17, 15) is 34.8 Å². The van der Waals surface area contributed by atoms with E-state index in [1.807, 2.05) is 0 Å². The Labute approximate surface area is 143 Å². The van der Waals surface area contributed by atoms with Crippen LogP contribution in [0.15, 0.2) is 12.1 Å². The fraction of sp³-hybridized carbons (Fsp3) is 0.455. The van der Waals surface area contributed by atoms with Crippen LogP contribution in [0.25, 0.3) is 0 Å². The van der Waals surface area contributed by atoms with E-state index in [1.165, 1.54) is 22.6 Å². The number of hydrogen-bond acceptors (Lipinski definition) is 3. The average molecular weight is 492 g/mol. The summed E-state index contributed by atoms with van der Waals surface area (Å²) in [5, 5.41) is -0.162. The molecule has 0 aliphatic heterocycles. The van der Waals surface area contributed by atoms with Crippen LogP contribution >= 0.6 is 22.6 Å². The van der Waals surface area contributed by atoms with Crippen LogP contribution in [-0.4, -0.2) is 22.0 Å². The Hall–Kier alpha value is -0.503. The van der Waals surface area contributed by atoms with Gasteiger partial charge in [-0.2, -0.15) is 34.8 Å². The highest BCUT2D eigenvalue weighted by molar-refractivity contribution is 14.1. The topological polar surface area (TPSA) is 43.4 Å². The number of halogens is 7. The number of alkyl halides is 6. The molecule has 12 heteroatoms. The van der Waals surface area contributed by atoms with Gasteiger partial charge in [-0.25, -0.2) is 0 Å². The molecule has 0 bridgehead atoms. The van der Waals surface area contributed by atoms with Crippen LogP contribution in [0.1, 0.15) is 5.56 Å². The molecule has 0 aliphatic rings. The summed E-state index contributed by atoms with van der Waals surface area (Å²) in [6.07, 6.45) is -4.71. The van der Waals surface area contributed by atoms with Gasteiger partial charge in [0.1, 0.15) is 0 Å². The molecule has 0 unspecified atom stereocenters. The van der Waals surface area contributed by atoms with E-state index in [4.69, 9.17) is 0 Å². The van der Waals surface area contributed by atoms with Gasteiger partial charge in [-0.05, 0) is 39.9 Å². The van der Waals surface area contributed by atoms with E-state index >= 15 is 0 Å². The molecule has 1 aromatic rings. The first-order valence-corrected chi connectivity index (χ1v) is 11.9. The second-order valence-electron chi connectivity index (χ2n) is 5.57. The molecule has 0 atom stereocenters. The molecule has 0 saturated heterocycles. The lowest BCUT2D eigenvalue weighted by Gasteiger charge is -2.23. The first-order valence-electron chi connectivity index (χ1n) is 5.89. The maximum absolute atomic E-state index is 12.9. The molecule has 0 fully saturated rings. The molecular formula is C11H11F6IO3SSi. The van der Waals surface area contributed by atoms with Gasteiger partial charge in [-0.3, -0.25) is 0 Å². The largest absolute Gasteiger partial charge is 0.534 e. The maximum atomic E-state index is 12.9. The molecule has 1 aromatic carbocycles. The van der Waals surface area contributed by atoms with Crippen molar-refractivity contribution in [3.05, 3.63) is 21.3 Å². The van der Waals surface area contributed by atoms with Crippen LogP contribution in [0.2, 0.25) is 19.6 Å². The van der Waals surface area contributed by atoms with Crippen molar-refractivity contribution in [1.29, 1.82) is 0 Å². The normalized spacial score (nSPS) is 14.0. The third-order valence-electron chi connectivity index (χ3n) is 2.66. The molecule has 23 heavy (non-hydrogen) atoms. The van der Waals surface area contributed by atoms with E-state index in [1.54, 1.807) is 19.6 Å². The van der Waals surface area contributed by atoms with Crippen molar-refractivity contribution in [1.82, 2.24) is 0 Å². The average Bonchev–Trinajstić information content (AvgIpc) is 2.26. The number of hydrogen-bond donors (Lipinski definition) is 0. The van der Waals surface area contributed by atoms with Crippen LogP contribution in [0.5, 0.6) is 5.75 Å². The molecule has 0 aromatic heterocycles. The molecule has 0 amide bonds. The van der Waals surface area contributed by atoms with E-state index in [2.05, 4.69) is 4.18 Å². The van der Waals surface area contributed by atoms with Crippen LogP contribution in [0, 0.1) is 3.57 Å². The third-order valence-corrected chi connectivity index (χ3v) is 6.40. The highest BCUT2D eigenvalue weighted by Crippen LogP contribution is 2.35. The first-order chi connectivity index (χ1) is 9.97. The summed E-state index contributed by atoms with van der Waals surface area (Å²) in [6.45, 7) is 4.68. The van der Waals surface area contributed by atoms with E-state index in [0.717, 1.165) is 0 Å². The SMILES string of the molecule is C[Si](C)(C)c1cc(C(F)(F)F)cc(I)c1OS(=O)(=O)C(F)(F)F. The fourth-order valence-electron chi connectivity index (χ4n) is 1.56. The van der Waals surface area contributed by atoms with Gasteiger partial charge in [0, 0.05) is 0 Å². The Morgan fingerprint density at radius 3 is 1.87 bits per heavy atom. The van der Waals surface area contributed by atoms with Crippen molar-refractivity contribution in [3.63, 3.8) is 0 Å². The lowest BCUT2D eigenvalue weighted by Crippen LogP contribution is -2.41. The van der Waals surface area contributed by atoms with Crippen molar-refractivity contribution in [2.24, 2.45) is 0 Å². The first kappa shape index (κ1) is 20.5. The fourth-order valence-corrected chi connectivity index (χ4v) is 4.72. The second-order valence-corrected chi connectivity index (χ2v) is 13.3. The monoisotopic (exact) mass is 492 g/mol. The zero-order chi connectivity index (χ0) is 18.4. The zero-order valence-corrected chi connectivity index (χ0v) is 15.9. The minimum absolute atomic E-state index is 0.162. The maximum Gasteiger partial charge on any atom is 0.534 e. The van der Waals surface area contributed by atoms with E-state index in [0.29, 0.717) is 12.1 Å². The third kappa shape index (κ3) is 4.75. The summed E-state index contributed by atoms with van der Waals surface area (Å²) in [5.74, 6) is -0.699. The van der Waals surface area contributed by atoms with Crippen LogP contribution in [0.4, 0.5) is 26.3 Å². The Balaban J connectivity index is 3.62. The Bertz CT molecular complexity index is 706. The number of benzene rings is 1.